The Kier molecular flexibility index (Phi) is 4.51. The maximum Gasteiger partial charge on any atom is 0.194 e. The van der Waals surface area contributed by atoms with Crippen LogP contribution in [0.2, 0.25) is 0 Å². The highest BCUT2D eigenvalue weighted by Crippen LogP contribution is 2.29. The normalized spacial score (nSPS) is 8.54. The summed E-state index contributed by atoms with van der Waals surface area (Å²) in [6.45, 7) is 4.00. The average Bonchev–Trinajstić information content (AvgIpc) is 2.18. The molecule has 0 radical (unpaired) electrons. The lowest BCUT2D eigenvalue weighted by atomic mass is 10.2. The standard InChI is InChI=1S/C7H5FO3.C2H6/c8-5-2-1-4(3-9)6(10)7(5)11;1-2/h1-3,10-11H;1-2H3. The summed E-state index contributed by atoms with van der Waals surface area (Å²) in [4.78, 5) is 10.1. The van der Waals surface area contributed by atoms with Crippen LogP contribution in [0.4, 0.5) is 4.39 Å². The summed E-state index contributed by atoms with van der Waals surface area (Å²) in [5.41, 5.74) is -0.135. The Balaban J connectivity index is 0.000000671. The monoisotopic (exact) mass is 186 g/mol. The first-order valence-corrected chi connectivity index (χ1v) is 3.82. The molecule has 3 nitrogen and oxygen atoms in total. The van der Waals surface area contributed by atoms with E-state index in [-0.39, 0.29) is 5.56 Å². The number of aromatic hydroxyl groups is 2. The van der Waals surface area contributed by atoms with E-state index in [9.17, 15) is 9.18 Å². The van der Waals surface area contributed by atoms with Gasteiger partial charge in [0.1, 0.15) is 0 Å². The molecule has 0 saturated carbocycles. The molecule has 0 amide bonds. The Morgan fingerprint density at radius 1 is 1.23 bits per heavy atom. The number of hydrogen-bond acceptors (Lipinski definition) is 3. The molecule has 4 heteroatoms. The molecule has 1 rings (SSSR count). The van der Waals surface area contributed by atoms with E-state index >= 15 is 0 Å². The number of hydrogen-bond donors (Lipinski definition) is 2. The largest absolute Gasteiger partial charge is 0.504 e. The van der Waals surface area contributed by atoms with Crippen molar-refractivity contribution in [2.45, 2.75) is 13.8 Å². The third-order valence-electron chi connectivity index (χ3n) is 1.26. The maximum atomic E-state index is 12.4. The van der Waals surface area contributed by atoms with Gasteiger partial charge in [-0.05, 0) is 12.1 Å². The van der Waals surface area contributed by atoms with Crippen molar-refractivity contribution in [3.05, 3.63) is 23.5 Å². The van der Waals surface area contributed by atoms with Gasteiger partial charge in [-0.15, -0.1) is 0 Å². The summed E-state index contributed by atoms with van der Waals surface area (Å²) in [6.07, 6.45) is 0.328. The van der Waals surface area contributed by atoms with Crippen LogP contribution in [0.25, 0.3) is 0 Å². The fourth-order valence-electron chi connectivity index (χ4n) is 0.666. The van der Waals surface area contributed by atoms with Crippen molar-refractivity contribution in [1.82, 2.24) is 0 Å². The predicted octanol–water partition coefficient (Wildman–Crippen LogP) is 2.08. The second-order valence-corrected chi connectivity index (χ2v) is 1.95. The van der Waals surface area contributed by atoms with E-state index in [1.54, 1.807) is 0 Å². The number of phenols is 2. The van der Waals surface area contributed by atoms with Crippen molar-refractivity contribution in [3.8, 4) is 11.5 Å². The molecule has 0 heterocycles. The van der Waals surface area contributed by atoms with E-state index in [1.165, 1.54) is 0 Å². The minimum atomic E-state index is -0.951. The Morgan fingerprint density at radius 3 is 2.23 bits per heavy atom. The van der Waals surface area contributed by atoms with Crippen LogP contribution in [0.1, 0.15) is 24.2 Å². The average molecular weight is 186 g/mol. The minimum absolute atomic E-state index is 0.135. The Hall–Kier alpha value is -1.58. The summed E-state index contributed by atoms with van der Waals surface area (Å²) in [5.74, 6) is -2.57. The number of halogens is 1. The van der Waals surface area contributed by atoms with Gasteiger partial charge < -0.3 is 10.2 Å². The van der Waals surface area contributed by atoms with Crippen molar-refractivity contribution in [2.75, 3.05) is 0 Å². The number of benzene rings is 1. The van der Waals surface area contributed by atoms with E-state index < -0.39 is 17.3 Å². The van der Waals surface area contributed by atoms with Crippen molar-refractivity contribution in [3.63, 3.8) is 0 Å². The summed E-state index contributed by atoms with van der Waals surface area (Å²) < 4.78 is 12.4. The Morgan fingerprint density at radius 2 is 1.77 bits per heavy atom. The number of carbonyl (C=O) groups excluding carboxylic acids is 1. The molecule has 0 aliphatic rings. The molecule has 72 valence electrons. The van der Waals surface area contributed by atoms with E-state index in [0.717, 1.165) is 12.1 Å². The summed E-state index contributed by atoms with van der Waals surface area (Å²) >= 11 is 0. The molecule has 0 aliphatic heterocycles. The number of carbonyl (C=O) groups is 1. The van der Waals surface area contributed by atoms with Crippen LogP contribution >= 0.6 is 0 Å². The van der Waals surface area contributed by atoms with Crippen LogP contribution in [-0.2, 0) is 0 Å². The Bertz CT molecular complexity index is 297. The molecular formula is C9H11FO3. The molecule has 0 aromatic heterocycles. The van der Waals surface area contributed by atoms with Crippen molar-refractivity contribution in [2.24, 2.45) is 0 Å². The van der Waals surface area contributed by atoms with Crippen molar-refractivity contribution < 1.29 is 19.4 Å². The van der Waals surface area contributed by atoms with Gasteiger partial charge in [-0.1, -0.05) is 13.8 Å². The Labute approximate surface area is 75.4 Å². The van der Waals surface area contributed by atoms with E-state index in [2.05, 4.69) is 0 Å². The van der Waals surface area contributed by atoms with Gasteiger partial charge in [-0.2, -0.15) is 0 Å². The molecule has 0 unspecified atom stereocenters. The highest BCUT2D eigenvalue weighted by atomic mass is 19.1. The van der Waals surface area contributed by atoms with Crippen molar-refractivity contribution in [1.29, 1.82) is 0 Å². The summed E-state index contributed by atoms with van der Waals surface area (Å²) in [7, 11) is 0. The number of rotatable bonds is 1. The van der Waals surface area contributed by atoms with Gasteiger partial charge in [0.15, 0.2) is 23.6 Å². The molecule has 13 heavy (non-hydrogen) atoms. The van der Waals surface area contributed by atoms with Gasteiger partial charge in [-0.3, -0.25) is 4.79 Å². The number of phenolic OH excluding ortho intramolecular Hbond substituents is 2. The highest BCUT2D eigenvalue weighted by molar-refractivity contribution is 5.80. The maximum absolute atomic E-state index is 12.4. The first kappa shape index (κ1) is 11.4. The lowest BCUT2D eigenvalue weighted by molar-refractivity contribution is 0.112. The van der Waals surface area contributed by atoms with Crippen LogP contribution in [0.3, 0.4) is 0 Å². The van der Waals surface area contributed by atoms with Gasteiger partial charge in [0, 0.05) is 0 Å². The molecule has 0 atom stereocenters. The highest BCUT2D eigenvalue weighted by Gasteiger charge is 2.09. The zero-order chi connectivity index (χ0) is 10.4. The van der Waals surface area contributed by atoms with Gasteiger partial charge in [0.25, 0.3) is 0 Å². The second-order valence-electron chi connectivity index (χ2n) is 1.95. The molecule has 0 spiro atoms. The smallest absolute Gasteiger partial charge is 0.194 e. The zero-order valence-corrected chi connectivity index (χ0v) is 7.41. The first-order chi connectivity index (χ1) is 6.16. The molecular weight excluding hydrogens is 175 g/mol. The number of aldehydes is 1. The lowest BCUT2D eigenvalue weighted by Gasteiger charge is -1.99. The van der Waals surface area contributed by atoms with Gasteiger partial charge >= 0.3 is 0 Å². The van der Waals surface area contributed by atoms with Gasteiger partial charge in [-0.25, -0.2) is 4.39 Å². The van der Waals surface area contributed by atoms with E-state index in [1.807, 2.05) is 13.8 Å². The van der Waals surface area contributed by atoms with Crippen LogP contribution in [0, 0.1) is 5.82 Å². The fraction of sp³-hybridized carbons (Fsp3) is 0.222. The quantitative estimate of drug-likeness (QED) is 0.521. The molecule has 1 aromatic carbocycles. The van der Waals surface area contributed by atoms with Gasteiger partial charge in [0.2, 0.25) is 0 Å². The van der Waals surface area contributed by atoms with Gasteiger partial charge in [0.05, 0.1) is 5.56 Å². The third-order valence-corrected chi connectivity index (χ3v) is 1.26. The van der Waals surface area contributed by atoms with Crippen molar-refractivity contribution >= 4 is 6.29 Å². The molecule has 2 N–H and O–H groups in total. The fourth-order valence-corrected chi connectivity index (χ4v) is 0.666. The molecule has 0 fully saturated rings. The van der Waals surface area contributed by atoms with E-state index in [0.29, 0.717) is 6.29 Å². The van der Waals surface area contributed by atoms with E-state index in [4.69, 9.17) is 10.2 Å². The molecule has 1 aromatic rings. The van der Waals surface area contributed by atoms with Crippen LogP contribution in [-0.4, -0.2) is 16.5 Å². The third kappa shape index (κ3) is 2.43. The zero-order valence-electron chi connectivity index (χ0n) is 7.41. The van der Waals surface area contributed by atoms with Crippen LogP contribution < -0.4 is 0 Å². The predicted molar refractivity (Wildman–Crippen MR) is 46.5 cm³/mol. The van der Waals surface area contributed by atoms with Crippen LogP contribution in [0.5, 0.6) is 11.5 Å². The van der Waals surface area contributed by atoms with Crippen LogP contribution in [0.15, 0.2) is 12.1 Å². The summed E-state index contributed by atoms with van der Waals surface area (Å²) in [5, 5.41) is 17.6. The summed E-state index contributed by atoms with van der Waals surface area (Å²) in [6, 6.07) is 1.98. The molecule has 0 bridgehead atoms. The molecule has 0 saturated heterocycles. The lowest BCUT2D eigenvalue weighted by Crippen LogP contribution is -1.84. The molecule has 0 aliphatic carbocycles. The second kappa shape index (κ2) is 5.13. The minimum Gasteiger partial charge on any atom is -0.504 e. The SMILES string of the molecule is CC.O=Cc1ccc(F)c(O)c1O. The topological polar surface area (TPSA) is 57.5 Å². The first-order valence-electron chi connectivity index (χ1n) is 3.82.